The number of nitrogens with one attached hydrogen (secondary N) is 2. The highest BCUT2D eigenvalue weighted by atomic mass is 16.2. The Morgan fingerprint density at radius 3 is 2.72 bits per heavy atom. The van der Waals surface area contributed by atoms with Gasteiger partial charge in [0.1, 0.15) is 0 Å². The molecule has 1 aliphatic heterocycles. The van der Waals surface area contributed by atoms with Gasteiger partial charge in [-0.1, -0.05) is 19.8 Å². The lowest BCUT2D eigenvalue weighted by atomic mass is 9.83. The van der Waals surface area contributed by atoms with Crippen molar-refractivity contribution in [3.05, 3.63) is 0 Å². The summed E-state index contributed by atoms with van der Waals surface area (Å²) in [6.45, 7) is 3.54. The van der Waals surface area contributed by atoms with Crippen molar-refractivity contribution in [2.75, 3.05) is 13.1 Å². The van der Waals surface area contributed by atoms with Gasteiger partial charge in [-0.2, -0.15) is 0 Å². The summed E-state index contributed by atoms with van der Waals surface area (Å²) in [5.41, 5.74) is 0.341. The molecule has 0 aromatic heterocycles. The van der Waals surface area contributed by atoms with Gasteiger partial charge in [-0.25, -0.2) is 0 Å². The Morgan fingerprint density at radius 2 is 2.17 bits per heavy atom. The van der Waals surface area contributed by atoms with Crippen LogP contribution < -0.4 is 10.6 Å². The molecule has 2 fully saturated rings. The van der Waals surface area contributed by atoms with Crippen LogP contribution >= 0.6 is 0 Å². The van der Waals surface area contributed by atoms with E-state index in [1.54, 1.807) is 0 Å². The number of carbonyl (C=O) groups excluding carboxylic acids is 2. The molecule has 0 aromatic carbocycles. The minimum absolute atomic E-state index is 0.0296. The Balaban J connectivity index is 1.79. The molecule has 1 saturated carbocycles. The summed E-state index contributed by atoms with van der Waals surface area (Å²) in [5.74, 6) is 0.160. The van der Waals surface area contributed by atoms with Crippen molar-refractivity contribution in [1.29, 1.82) is 0 Å². The fourth-order valence-electron chi connectivity index (χ4n) is 3.16. The monoisotopic (exact) mass is 252 g/mol. The zero-order valence-corrected chi connectivity index (χ0v) is 11.3. The van der Waals surface area contributed by atoms with E-state index in [1.165, 1.54) is 25.7 Å². The standard InChI is InChI=1S/C14H24N2O2/c1-2-14(7-3-4-8-14)10-16-13(18)11-5-6-12(17)15-9-11/h11H,2-10H2,1H3,(H,15,17)(H,16,18). The van der Waals surface area contributed by atoms with Gasteiger partial charge in [0, 0.05) is 19.5 Å². The van der Waals surface area contributed by atoms with Crippen LogP contribution in [0.5, 0.6) is 0 Å². The molecule has 1 heterocycles. The van der Waals surface area contributed by atoms with Gasteiger partial charge < -0.3 is 10.6 Å². The average molecular weight is 252 g/mol. The second kappa shape index (κ2) is 5.72. The predicted octanol–water partition coefficient (Wildman–Crippen LogP) is 1.60. The second-order valence-corrected chi connectivity index (χ2v) is 5.82. The van der Waals surface area contributed by atoms with E-state index in [0.29, 0.717) is 24.8 Å². The Bertz CT molecular complexity index is 312. The fourth-order valence-corrected chi connectivity index (χ4v) is 3.16. The van der Waals surface area contributed by atoms with Crippen LogP contribution in [0.15, 0.2) is 0 Å². The molecule has 0 bridgehead atoms. The van der Waals surface area contributed by atoms with E-state index in [9.17, 15) is 9.59 Å². The Morgan fingerprint density at radius 1 is 1.44 bits per heavy atom. The van der Waals surface area contributed by atoms with Gasteiger partial charge in [0.15, 0.2) is 0 Å². The number of amides is 2. The van der Waals surface area contributed by atoms with E-state index in [4.69, 9.17) is 0 Å². The van der Waals surface area contributed by atoms with Crippen LogP contribution in [0, 0.1) is 11.3 Å². The number of hydrogen-bond acceptors (Lipinski definition) is 2. The van der Waals surface area contributed by atoms with Gasteiger partial charge >= 0.3 is 0 Å². The molecule has 1 atom stereocenters. The fraction of sp³-hybridized carbons (Fsp3) is 0.857. The Kier molecular flexibility index (Phi) is 4.25. The van der Waals surface area contributed by atoms with Crippen LogP contribution in [0.2, 0.25) is 0 Å². The largest absolute Gasteiger partial charge is 0.355 e. The molecule has 2 amide bonds. The quantitative estimate of drug-likeness (QED) is 0.798. The zero-order valence-electron chi connectivity index (χ0n) is 11.3. The van der Waals surface area contributed by atoms with Crippen molar-refractivity contribution in [3.63, 3.8) is 0 Å². The molecule has 0 aromatic rings. The Labute approximate surface area is 109 Å². The number of piperidine rings is 1. The smallest absolute Gasteiger partial charge is 0.224 e. The molecule has 1 saturated heterocycles. The topological polar surface area (TPSA) is 58.2 Å². The maximum absolute atomic E-state index is 12.1. The summed E-state index contributed by atoms with van der Waals surface area (Å²) < 4.78 is 0. The molecule has 0 spiro atoms. The minimum atomic E-state index is -0.0296. The van der Waals surface area contributed by atoms with Crippen LogP contribution in [0.3, 0.4) is 0 Å². The molecule has 2 rings (SSSR count). The van der Waals surface area contributed by atoms with Crippen molar-refractivity contribution < 1.29 is 9.59 Å². The molecular formula is C14H24N2O2. The first-order valence-corrected chi connectivity index (χ1v) is 7.20. The van der Waals surface area contributed by atoms with Crippen molar-refractivity contribution >= 4 is 11.8 Å². The maximum Gasteiger partial charge on any atom is 0.224 e. The van der Waals surface area contributed by atoms with E-state index in [-0.39, 0.29) is 17.7 Å². The molecule has 2 aliphatic rings. The third-order valence-electron chi connectivity index (χ3n) is 4.69. The molecule has 0 radical (unpaired) electrons. The van der Waals surface area contributed by atoms with Gasteiger partial charge in [0.25, 0.3) is 0 Å². The SMILES string of the molecule is CCC1(CNC(=O)C2CCC(=O)NC2)CCCC1. The lowest BCUT2D eigenvalue weighted by Gasteiger charge is -2.29. The predicted molar refractivity (Wildman–Crippen MR) is 69.9 cm³/mol. The minimum Gasteiger partial charge on any atom is -0.355 e. The lowest BCUT2D eigenvalue weighted by Crippen LogP contribution is -2.45. The molecule has 4 heteroatoms. The first kappa shape index (κ1) is 13.4. The first-order valence-electron chi connectivity index (χ1n) is 7.20. The van der Waals surface area contributed by atoms with Crippen LogP contribution in [-0.2, 0) is 9.59 Å². The average Bonchev–Trinajstić information content (AvgIpc) is 2.86. The molecule has 102 valence electrons. The summed E-state index contributed by atoms with van der Waals surface area (Å²) in [4.78, 5) is 23.1. The van der Waals surface area contributed by atoms with Crippen LogP contribution in [0.4, 0.5) is 0 Å². The molecule has 1 unspecified atom stereocenters. The maximum atomic E-state index is 12.1. The lowest BCUT2D eigenvalue weighted by molar-refractivity contribution is -0.129. The molecule has 18 heavy (non-hydrogen) atoms. The normalized spacial score (nSPS) is 26.7. The zero-order chi connectivity index (χ0) is 13.0. The van der Waals surface area contributed by atoms with Gasteiger partial charge in [-0.05, 0) is 31.1 Å². The van der Waals surface area contributed by atoms with Crippen LogP contribution in [-0.4, -0.2) is 24.9 Å². The van der Waals surface area contributed by atoms with E-state index < -0.39 is 0 Å². The third kappa shape index (κ3) is 3.03. The summed E-state index contributed by atoms with van der Waals surface area (Å²) in [5, 5.41) is 5.88. The molecule has 4 nitrogen and oxygen atoms in total. The number of rotatable bonds is 4. The number of carbonyl (C=O) groups is 2. The molecule has 1 aliphatic carbocycles. The second-order valence-electron chi connectivity index (χ2n) is 5.82. The third-order valence-corrected chi connectivity index (χ3v) is 4.69. The van der Waals surface area contributed by atoms with Crippen LogP contribution in [0.1, 0.15) is 51.9 Å². The van der Waals surface area contributed by atoms with E-state index >= 15 is 0 Å². The van der Waals surface area contributed by atoms with Gasteiger partial charge in [0.05, 0.1) is 5.92 Å². The highest BCUT2D eigenvalue weighted by molar-refractivity contribution is 5.83. The van der Waals surface area contributed by atoms with Crippen molar-refractivity contribution in [3.8, 4) is 0 Å². The van der Waals surface area contributed by atoms with Crippen LogP contribution in [0.25, 0.3) is 0 Å². The van der Waals surface area contributed by atoms with Gasteiger partial charge in [-0.3, -0.25) is 9.59 Å². The first-order chi connectivity index (χ1) is 8.65. The van der Waals surface area contributed by atoms with E-state index in [1.807, 2.05) is 0 Å². The van der Waals surface area contributed by atoms with Crippen molar-refractivity contribution in [1.82, 2.24) is 10.6 Å². The van der Waals surface area contributed by atoms with Crippen molar-refractivity contribution in [2.45, 2.75) is 51.9 Å². The molecule has 2 N–H and O–H groups in total. The summed E-state index contributed by atoms with van der Waals surface area (Å²) in [6, 6.07) is 0. The number of hydrogen-bond donors (Lipinski definition) is 2. The Hall–Kier alpha value is -1.06. The van der Waals surface area contributed by atoms with E-state index in [0.717, 1.165) is 13.0 Å². The van der Waals surface area contributed by atoms with Gasteiger partial charge in [-0.15, -0.1) is 0 Å². The molecular weight excluding hydrogens is 228 g/mol. The van der Waals surface area contributed by atoms with Crippen molar-refractivity contribution in [2.24, 2.45) is 11.3 Å². The summed E-state index contributed by atoms with van der Waals surface area (Å²) in [6.07, 6.45) is 7.39. The highest BCUT2D eigenvalue weighted by Crippen LogP contribution is 2.40. The summed E-state index contributed by atoms with van der Waals surface area (Å²) >= 11 is 0. The summed E-state index contributed by atoms with van der Waals surface area (Å²) in [7, 11) is 0. The van der Waals surface area contributed by atoms with Gasteiger partial charge in [0.2, 0.25) is 11.8 Å². The van der Waals surface area contributed by atoms with E-state index in [2.05, 4.69) is 17.6 Å². The highest BCUT2D eigenvalue weighted by Gasteiger charge is 2.33.